The number of hydrogen-bond donors (Lipinski definition) is 2. The molecule has 0 spiro atoms. The fourth-order valence-corrected chi connectivity index (χ4v) is 1.58. The van der Waals surface area contributed by atoms with Gasteiger partial charge in [0, 0.05) is 36.1 Å². The first-order chi connectivity index (χ1) is 9.20. The van der Waals surface area contributed by atoms with E-state index in [-0.39, 0.29) is 5.56 Å². The monoisotopic (exact) mass is 264 g/mol. The van der Waals surface area contributed by atoms with Crippen molar-refractivity contribution in [1.29, 1.82) is 0 Å². The normalized spacial score (nSPS) is 10.5. The summed E-state index contributed by atoms with van der Waals surface area (Å²) < 4.78 is 26.4. The number of nitrogens with two attached hydrogens (primary N) is 1. The Hall–Kier alpha value is -2.08. The molecule has 0 aliphatic carbocycles. The highest BCUT2D eigenvalue weighted by Gasteiger charge is 2.07. The first-order valence-electron chi connectivity index (χ1n) is 5.92. The standard InChI is InChI=1S/C13H14F2N4/c14-10-2-3-11(12(15)6-10)9-7-18-13(19-8-9)17-5-1-4-16/h2-3,6-8H,1,4-5,16H2,(H,17,18,19). The highest BCUT2D eigenvalue weighted by Crippen LogP contribution is 2.22. The van der Waals surface area contributed by atoms with Crippen LogP contribution in [0.5, 0.6) is 0 Å². The predicted octanol–water partition coefficient (Wildman–Crippen LogP) is 2.18. The Balaban J connectivity index is 2.13. The Morgan fingerprint density at radius 2 is 1.89 bits per heavy atom. The first kappa shape index (κ1) is 13.4. The maximum atomic E-state index is 13.6. The second-order valence-corrected chi connectivity index (χ2v) is 3.99. The zero-order valence-electron chi connectivity index (χ0n) is 10.2. The molecule has 100 valence electrons. The Morgan fingerprint density at radius 1 is 1.16 bits per heavy atom. The van der Waals surface area contributed by atoms with Crippen LogP contribution >= 0.6 is 0 Å². The van der Waals surface area contributed by atoms with Crippen LogP contribution in [0, 0.1) is 11.6 Å². The highest BCUT2D eigenvalue weighted by atomic mass is 19.1. The second-order valence-electron chi connectivity index (χ2n) is 3.99. The lowest BCUT2D eigenvalue weighted by Gasteiger charge is -2.05. The molecule has 0 radical (unpaired) electrons. The lowest BCUT2D eigenvalue weighted by atomic mass is 10.1. The summed E-state index contributed by atoms with van der Waals surface area (Å²) in [7, 11) is 0. The van der Waals surface area contributed by atoms with Gasteiger partial charge in [-0.1, -0.05) is 0 Å². The summed E-state index contributed by atoms with van der Waals surface area (Å²) in [5, 5.41) is 2.99. The molecule has 0 fully saturated rings. The maximum absolute atomic E-state index is 13.6. The van der Waals surface area contributed by atoms with Crippen molar-refractivity contribution in [3.05, 3.63) is 42.2 Å². The zero-order chi connectivity index (χ0) is 13.7. The summed E-state index contributed by atoms with van der Waals surface area (Å²) in [6, 6.07) is 3.40. The van der Waals surface area contributed by atoms with Crippen molar-refractivity contribution in [3.63, 3.8) is 0 Å². The molecule has 1 heterocycles. The third kappa shape index (κ3) is 3.45. The number of nitrogens with zero attached hydrogens (tertiary/aromatic N) is 2. The number of anilines is 1. The van der Waals surface area contributed by atoms with Gasteiger partial charge in [-0.25, -0.2) is 18.7 Å². The fraction of sp³-hybridized carbons (Fsp3) is 0.231. The van der Waals surface area contributed by atoms with E-state index in [2.05, 4.69) is 15.3 Å². The molecule has 2 aromatic rings. The van der Waals surface area contributed by atoms with Gasteiger partial charge in [0.15, 0.2) is 0 Å². The van der Waals surface area contributed by atoms with Crippen molar-refractivity contribution in [2.75, 3.05) is 18.4 Å². The van der Waals surface area contributed by atoms with Gasteiger partial charge in [0.25, 0.3) is 0 Å². The number of hydrogen-bond acceptors (Lipinski definition) is 4. The number of halogens is 2. The van der Waals surface area contributed by atoms with Crippen LogP contribution in [-0.2, 0) is 0 Å². The van der Waals surface area contributed by atoms with E-state index in [1.165, 1.54) is 24.5 Å². The second kappa shape index (κ2) is 6.19. The Bertz CT molecular complexity index is 543. The van der Waals surface area contributed by atoms with E-state index >= 15 is 0 Å². The van der Waals surface area contributed by atoms with Gasteiger partial charge in [-0.3, -0.25) is 0 Å². The molecule has 6 heteroatoms. The van der Waals surface area contributed by atoms with Crippen molar-refractivity contribution in [2.45, 2.75) is 6.42 Å². The summed E-state index contributed by atoms with van der Waals surface area (Å²) in [4.78, 5) is 8.13. The minimum atomic E-state index is -0.632. The minimum Gasteiger partial charge on any atom is -0.354 e. The predicted molar refractivity (Wildman–Crippen MR) is 69.5 cm³/mol. The van der Waals surface area contributed by atoms with Crippen molar-refractivity contribution in [2.24, 2.45) is 5.73 Å². The summed E-state index contributed by atoms with van der Waals surface area (Å²) in [5.74, 6) is -0.783. The van der Waals surface area contributed by atoms with E-state index in [0.717, 1.165) is 12.5 Å². The minimum absolute atomic E-state index is 0.273. The van der Waals surface area contributed by atoms with Gasteiger partial charge in [0.05, 0.1) is 0 Å². The molecular formula is C13H14F2N4. The van der Waals surface area contributed by atoms with E-state index < -0.39 is 11.6 Å². The van der Waals surface area contributed by atoms with Crippen molar-refractivity contribution in [1.82, 2.24) is 9.97 Å². The van der Waals surface area contributed by atoms with Crippen molar-refractivity contribution < 1.29 is 8.78 Å². The lowest BCUT2D eigenvalue weighted by Crippen LogP contribution is -2.10. The number of benzene rings is 1. The number of rotatable bonds is 5. The Kier molecular flexibility index (Phi) is 4.35. The average Bonchev–Trinajstić information content (AvgIpc) is 2.40. The molecule has 0 saturated carbocycles. The van der Waals surface area contributed by atoms with E-state index in [4.69, 9.17) is 5.73 Å². The molecule has 0 bridgehead atoms. The molecule has 4 nitrogen and oxygen atoms in total. The van der Waals surface area contributed by atoms with E-state index in [1.54, 1.807) is 0 Å². The van der Waals surface area contributed by atoms with Gasteiger partial charge < -0.3 is 11.1 Å². The topological polar surface area (TPSA) is 63.8 Å². The van der Waals surface area contributed by atoms with Crippen LogP contribution in [0.2, 0.25) is 0 Å². The number of aromatic nitrogens is 2. The fourth-order valence-electron chi connectivity index (χ4n) is 1.58. The van der Waals surface area contributed by atoms with Crippen molar-refractivity contribution in [3.8, 4) is 11.1 Å². The molecule has 0 aliphatic heterocycles. The smallest absolute Gasteiger partial charge is 0.222 e. The Morgan fingerprint density at radius 3 is 2.53 bits per heavy atom. The molecular weight excluding hydrogens is 250 g/mol. The van der Waals surface area contributed by atoms with Gasteiger partial charge in [0.1, 0.15) is 11.6 Å². The Labute approximate surface area is 109 Å². The molecule has 19 heavy (non-hydrogen) atoms. The number of nitrogens with one attached hydrogen (secondary N) is 1. The highest BCUT2D eigenvalue weighted by molar-refractivity contribution is 5.62. The third-order valence-electron chi connectivity index (χ3n) is 2.56. The molecule has 0 amide bonds. The van der Waals surface area contributed by atoms with Crippen molar-refractivity contribution >= 4 is 5.95 Å². The van der Waals surface area contributed by atoms with Gasteiger partial charge in [-0.15, -0.1) is 0 Å². The van der Waals surface area contributed by atoms with Crippen LogP contribution in [0.4, 0.5) is 14.7 Å². The van der Waals surface area contributed by atoms with Crippen LogP contribution < -0.4 is 11.1 Å². The summed E-state index contributed by atoms with van der Waals surface area (Å²) in [5.41, 5.74) is 6.14. The van der Waals surface area contributed by atoms with E-state index in [0.29, 0.717) is 24.6 Å². The summed E-state index contributed by atoms with van der Waals surface area (Å²) in [6.07, 6.45) is 3.81. The first-order valence-corrected chi connectivity index (χ1v) is 5.92. The molecule has 0 atom stereocenters. The SMILES string of the molecule is NCCCNc1ncc(-c2ccc(F)cc2F)cn1. The van der Waals surface area contributed by atoms with Gasteiger partial charge >= 0.3 is 0 Å². The molecule has 1 aromatic carbocycles. The molecule has 1 aromatic heterocycles. The lowest BCUT2D eigenvalue weighted by molar-refractivity contribution is 0.585. The van der Waals surface area contributed by atoms with Gasteiger partial charge in [0.2, 0.25) is 5.95 Å². The van der Waals surface area contributed by atoms with Crippen LogP contribution in [0.15, 0.2) is 30.6 Å². The van der Waals surface area contributed by atoms with E-state index in [9.17, 15) is 8.78 Å². The van der Waals surface area contributed by atoms with Crippen LogP contribution in [0.3, 0.4) is 0 Å². The molecule has 0 unspecified atom stereocenters. The average molecular weight is 264 g/mol. The third-order valence-corrected chi connectivity index (χ3v) is 2.56. The van der Waals surface area contributed by atoms with E-state index in [1.807, 2.05) is 0 Å². The molecule has 3 N–H and O–H groups in total. The van der Waals surface area contributed by atoms with Crippen LogP contribution in [-0.4, -0.2) is 23.1 Å². The molecule has 2 rings (SSSR count). The summed E-state index contributed by atoms with van der Waals surface area (Å²) >= 11 is 0. The van der Waals surface area contributed by atoms with Gasteiger partial charge in [-0.2, -0.15) is 0 Å². The largest absolute Gasteiger partial charge is 0.354 e. The quantitative estimate of drug-likeness (QED) is 0.812. The zero-order valence-corrected chi connectivity index (χ0v) is 10.2. The van der Waals surface area contributed by atoms with Crippen LogP contribution in [0.25, 0.3) is 11.1 Å². The summed E-state index contributed by atoms with van der Waals surface area (Å²) in [6.45, 7) is 1.27. The molecule has 0 saturated heterocycles. The molecule has 0 aliphatic rings. The van der Waals surface area contributed by atoms with Gasteiger partial charge in [-0.05, 0) is 25.1 Å². The van der Waals surface area contributed by atoms with Crippen LogP contribution in [0.1, 0.15) is 6.42 Å². The maximum Gasteiger partial charge on any atom is 0.222 e.